The van der Waals surface area contributed by atoms with Crippen molar-refractivity contribution >= 4 is 5.91 Å². The molecule has 1 aromatic carbocycles. The summed E-state index contributed by atoms with van der Waals surface area (Å²) >= 11 is 0. The molecule has 19 heavy (non-hydrogen) atoms. The third kappa shape index (κ3) is 3.28. The van der Waals surface area contributed by atoms with Gasteiger partial charge in [-0.15, -0.1) is 0 Å². The normalized spacial score (nSPS) is 23.7. The van der Waals surface area contributed by atoms with Crippen LogP contribution in [-0.4, -0.2) is 17.1 Å². The fraction of sp³-hybridized carbons (Fsp3) is 0.562. The molecule has 2 rings (SSSR count). The number of phenolic OH excluding ortho intramolecular Hbond substituents is 1. The minimum atomic E-state index is -0.153. The zero-order valence-corrected chi connectivity index (χ0v) is 11.8. The van der Waals surface area contributed by atoms with Crippen molar-refractivity contribution in [1.82, 2.24) is 5.32 Å². The number of para-hydroxylation sites is 1. The van der Waals surface area contributed by atoms with Crippen LogP contribution in [0.3, 0.4) is 0 Å². The lowest BCUT2D eigenvalue weighted by Crippen LogP contribution is -2.38. The SMILES string of the molecule is Cc1cccc(C(=O)NC2CCCCCC2C)c1O. The van der Waals surface area contributed by atoms with Gasteiger partial charge in [0.2, 0.25) is 0 Å². The van der Waals surface area contributed by atoms with Crippen LogP contribution in [0.25, 0.3) is 0 Å². The molecule has 0 saturated heterocycles. The summed E-state index contributed by atoms with van der Waals surface area (Å²) in [6.45, 7) is 4.01. The van der Waals surface area contributed by atoms with Gasteiger partial charge < -0.3 is 10.4 Å². The fourth-order valence-corrected chi connectivity index (χ4v) is 2.80. The standard InChI is InChI=1S/C16H23NO2/c1-11-7-4-3-5-10-14(11)17-16(19)13-9-6-8-12(2)15(13)18/h6,8-9,11,14,18H,3-5,7,10H2,1-2H3,(H,17,19). The molecule has 2 N–H and O–H groups in total. The van der Waals surface area contributed by atoms with Gasteiger partial charge in [0.05, 0.1) is 5.56 Å². The molecule has 1 fully saturated rings. The summed E-state index contributed by atoms with van der Waals surface area (Å²) in [6, 6.07) is 5.52. The summed E-state index contributed by atoms with van der Waals surface area (Å²) < 4.78 is 0. The zero-order valence-electron chi connectivity index (χ0n) is 11.8. The highest BCUT2D eigenvalue weighted by Gasteiger charge is 2.23. The summed E-state index contributed by atoms with van der Waals surface area (Å²) in [5.41, 5.74) is 1.12. The molecule has 2 atom stereocenters. The van der Waals surface area contributed by atoms with Gasteiger partial charge >= 0.3 is 0 Å². The van der Waals surface area contributed by atoms with Gasteiger partial charge in [0.15, 0.2) is 0 Å². The van der Waals surface area contributed by atoms with Crippen LogP contribution in [-0.2, 0) is 0 Å². The van der Waals surface area contributed by atoms with E-state index in [9.17, 15) is 9.90 Å². The Balaban J connectivity index is 2.09. The van der Waals surface area contributed by atoms with E-state index in [-0.39, 0.29) is 17.7 Å². The molecule has 1 amide bonds. The Kier molecular flexibility index (Phi) is 4.46. The predicted octanol–water partition coefficient (Wildman–Crippen LogP) is 3.40. The second-order valence-corrected chi connectivity index (χ2v) is 5.67. The van der Waals surface area contributed by atoms with Gasteiger partial charge in [0.1, 0.15) is 5.75 Å². The van der Waals surface area contributed by atoms with Crippen LogP contribution in [0.4, 0.5) is 0 Å². The van der Waals surface area contributed by atoms with E-state index in [0.29, 0.717) is 11.5 Å². The van der Waals surface area contributed by atoms with Crippen molar-refractivity contribution in [2.24, 2.45) is 5.92 Å². The molecule has 3 heteroatoms. The average molecular weight is 261 g/mol. The fourth-order valence-electron chi connectivity index (χ4n) is 2.80. The second kappa shape index (κ2) is 6.09. The summed E-state index contributed by atoms with van der Waals surface area (Å²) in [5, 5.41) is 13.1. The molecule has 104 valence electrons. The smallest absolute Gasteiger partial charge is 0.255 e. The first-order valence-electron chi connectivity index (χ1n) is 7.19. The molecular weight excluding hydrogens is 238 g/mol. The Morgan fingerprint density at radius 2 is 2.00 bits per heavy atom. The highest BCUT2D eigenvalue weighted by atomic mass is 16.3. The van der Waals surface area contributed by atoms with Crippen molar-refractivity contribution in [2.75, 3.05) is 0 Å². The maximum atomic E-state index is 12.3. The molecule has 1 aromatic rings. The zero-order chi connectivity index (χ0) is 13.8. The van der Waals surface area contributed by atoms with Crippen molar-refractivity contribution in [2.45, 2.75) is 52.0 Å². The van der Waals surface area contributed by atoms with Gasteiger partial charge in [-0.1, -0.05) is 38.3 Å². The van der Waals surface area contributed by atoms with Crippen LogP contribution < -0.4 is 5.32 Å². The minimum Gasteiger partial charge on any atom is -0.507 e. The number of amides is 1. The average Bonchev–Trinajstić information content (AvgIpc) is 2.58. The summed E-state index contributed by atoms with van der Waals surface area (Å²) in [6.07, 6.45) is 5.90. The monoisotopic (exact) mass is 261 g/mol. The third-order valence-corrected chi connectivity index (χ3v) is 4.16. The number of benzene rings is 1. The number of aromatic hydroxyl groups is 1. The molecule has 3 nitrogen and oxygen atoms in total. The predicted molar refractivity (Wildman–Crippen MR) is 76.3 cm³/mol. The number of carbonyl (C=O) groups excluding carboxylic acids is 1. The number of hydrogen-bond donors (Lipinski definition) is 2. The van der Waals surface area contributed by atoms with E-state index >= 15 is 0 Å². The second-order valence-electron chi connectivity index (χ2n) is 5.67. The van der Waals surface area contributed by atoms with Gasteiger partial charge in [-0.3, -0.25) is 4.79 Å². The van der Waals surface area contributed by atoms with Crippen molar-refractivity contribution in [3.8, 4) is 5.75 Å². The maximum absolute atomic E-state index is 12.3. The molecule has 0 heterocycles. The summed E-state index contributed by atoms with van der Waals surface area (Å²) in [7, 11) is 0. The maximum Gasteiger partial charge on any atom is 0.255 e. The van der Waals surface area contributed by atoms with Gasteiger partial charge in [-0.2, -0.15) is 0 Å². The van der Waals surface area contributed by atoms with Gasteiger partial charge in [0.25, 0.3) is 5.91 Å². The van der Waals surface area contributed by atoms with Crippen LogP contribution in [0.15, 0.2) is 18.2 Å². The number of aryl methyl sites for hydroxylation is 1. The number of nitrogens with one attached hydrogen (secondary N) is 1. The van der Waals surface area contributed by atoms with E-state index < -0.39 is 0 Å². The molecule has 1 aliphatic rings. The number of carbonyl (C=O) groups is 1. The number of rotatable bonds is 2. The number of hydrogen-bond acceptors (Lipinski definition) is 2. The lowest BCUT2D eigenvalue weighted by molar-refractivity contribution is 0.0918. The van der Waals surface area contributed by atoms with E-state index in [0.717, 1.165) is 12.0 Å². The van der Waals surface area contributed by atoms with E-state index in [4.69, 9.17) is 0 Å². The van der Waals surface area contributed by atoms with Crippen LogP contribution >= 0.6 is 0 Å². The van der Waals surface area contributed by atoms with Crippen molar-refractivity contribution in [3.63, 3.8) is 0 Å². The summed E-state index contributed by atoms with van der Waals surface area (Å²) in [5.74, 6) is 0.458. The lowest BCUT2D eigenvalue weighted by Gasteiger charge is -2.23. The van der Waals surface area contributed by atoms with Gasteiger partial charge in [-0.05, 0) is 37.3 Å². The molecule has 0 aliphatic heterocycles. The number of phenols is 1. The van der Waals surface area contributed by atoms with Crippen molar-refractivity contribution in [1.29, 1.82) is 0 Å². The Morgan fingerprint density at radius 1 is 1.26 bits per heavy atom. The van der Waals surface area contributed by atoms with Crippen LogP contribution in [0.2, 0.25) is 0 Å². The Bertz CT molecular complexity index is 456. The van der Waals surface area contributed by atoms with E-state index in [2.05, 4.69) is 12.2 Å². The summed E-state index contributed by atoms with van der Waals surface area (Å²) in [4.78, 5) is 12.3. The topological polar surface area (TPSA) is 49.3 Å². The first-order chi connectivity index (χ1) is 9.09. The highest BCUT2D eigenvalue weighted by molar-refractivity contribution is 5.97. The van der Waals surface area contributed by atoms with E-state index in [1.807, 2.05) is 0 Å². The van der Waals surface area contributed by atoms with E-state index in [1.165, 1.54) is 25.7 Å². The van der Waals surface area contributed by atoms with Crippen LogP contribution in [0.1, 0.15) is 54.9 Å². The highest BCUT2D eigenvalue weighted by Crippen LogP contribution is 2.25. The molecule has 0 bridgehead atoms. The molecule has 0 radical (unpaired) electrons. The first-order valence-corrected chi connectivity index (χ1v) is 7.19. The molecule has 1 saturated carbocycles. The Hall–Kier alpha value is -1.51. The van der Waals surface area contributed by atoms with E-state index in [1.54, 1.807) is 25.1 Å². The lowest BCUT2D eigenvalue weighted by atomic mass is 9.96. The molecule has 0 aromatic heterocycles. The molecule has 1 aliphatic carbocycles. The molecular formula is C16H23NO2. The third-order valence-electron chi connectivity index (χ3n) is 4.16. The van der Waals surface area contributed by atoms with Crippen molar-refractivity contribution in [3.05, 3.63) is 29.3 Å². The van der Waals surface area contributed by atoms with Gasteiger partial charge in [-0.25, -0.2) is 0 Å². The van der Waals surface area contributed by atoms with Crippen molar-refractivity contribution < 1.29 is 9.90 Å². The molecule has 2 unspecified atom stereocenters. The van der Waals surface area contributed by atoms with Crippen LogP contribution in [0, 0.1) is 12.8 Å². The first kappa shape index (κ1) is 13.9. The van der Waals surface area contributed by atoms with Gasteiger partial charge in [0, 0.05) is 6.04 Å². The Morgan fingerprint density at radius 3 is 2.79 bits per heavy atom. The largest absolute Gasteiger partial charge is 0.507 e. The quantitative estimate of drug-likeness (QED) is 0.802. The minimum absolute atomic E-state index is 0.0984. The van der Waals surface area contributed by atoms with Crippen LogP contribution in [0.5, 0.6) is 5.75 Å². The Labute approximate surface area is 115 Å². The molecule has 0 spiro atoms.